The summed E-state index contributed by atoms with van der Waals surface area (Å²) in [7, 11) is -4.53. The minimum atomic E-state index is -4.88. The minimum absolute atomic E-state index is 0.0335. The van der Waals surface area contributed by atoms with Gasteiger partial charge in [-0.05, 0) is 68.7 Å². The second kappa shape index (κ2) is 13.6. The van der Waals surface area contributed by atoms with Crippen LogP contribution in [0.25, 0.3) is 0 Å². The summed E-state index contributed by atoms with van der Waals surface area (Å²) in [6.45, 7) is 6.15. The molecule has 7 nitrogen and oxygen atoms in total. The van der Waals surface area contributed by atoms with Gasteiger partial charge in [-0.2, -0.15) is 13.2 Å². The van der Waals surface area contributed by atoms with Gasteiger partial charge in [0.1, 0.15) is 12.6 Å². The van der Waals surface area contributed by atoms with Gasteiger partial charge in [-0.15, -0.1) is 0 Å². The number of nitrogens with zero attached hydrogens (tertiary/aromatic N) is 2. The first-order valence-electron chi connectivity index (χ1n) is 13.3. The molecule has 42 heavy (non-hydrogen) atoms. The molecule has 3 aromatic rings. The summed E-state index contributed by atoms with van der Waals surface area (Å²) in [5.41, 5.74) is -0.0969. The highest BCUT2D eigenvalue weighted by Gasteiger charge is 2.37. The molecule has 12 heteroatoms. The number of anilines is 1. The number of benzene rings is 3. The molecule has 1 N–H and O–H groups in total. The van der Waals surface area contributed by atoms with Crippen molar-refractivity contribution in [3.8, 4) is 0 Å². The van der Waals surface area contributed by atoms with Crippen LogP contribution in [-0.2, 0) is 32.3 Å². The van der Waals surface area contributed by atoms with Gasteiger partial charge < -0.3 is 10.2 Å². The number of alkyl halides is 3. The van der Waals surface area contributed by atoms with Crippen LogP contribution in [0.15, 0.2) is 77.7 Å². The monoisotopic (exact) mass is 623 g/mol. The van der Waals surface area contributed by atoms with E-state index in [1.807, 2.05) is 32.9 Å². The SMILES string of the molecule is CC[C@@H](C)NC(=O)[C@@H](C)N(Cc1ccccc1C)C(=O)CN(c1ccc(Cl)c(C(F)(F)F)c1)S(=O)(=O)c1ccccc1. The van der Waals surface area contributed by atoms with Crippen molar-refractivity contribution in [1.82, 2.24) is 10.2 Å². The van der Waals surface area contributed by atoms with E-state index in [1.165, 1.54) is 36.1 Å². The van der Waals surface area contributed by atoms with Crippen molar-refractivity contribution >= 4 is 39.1 Å². The predicted octanol–water partition coefficient (Wildman–Crippen LogP) is 6.19. The third kappa shape index (κ3) is 7.83. The number of carbonyl (C=O) groups excluding carboxylic acids is 2. The van der Waals surface area contributed by atoms with Crippen molar-refractivity contribution < 1.29 is 31.2 Å². The van der Waals surface area contributed by atoms with Crippen LogP contribution in [-0.4, -0.2) is 43.8 Å². The number of hydrogen-bond acceptors (Lipinski definition) is 4. The Morgan fingerprint density at radius 3 is 2.19 bits per heavy atom. The number of nitrogens with one attached hydrogen (secondary N) is 1. The van der Waals surface area contributed by atoms with E-state index in [4.69, 9.17) is 11.6 Å². The van der Waals surface area contributed by atoms with Crippen LogP contribution in [0.1, 0.15) is 43.9 Å². The van der Waals surface area contributed by atoms with E-state index in [-0.39, 0.29) is 17.5 Å². The standard InChI is InChI=1S/C30H33ClF3N3O4S/c1-5-21(3)35-29(39)22(4)36(18-23-12-10-9-11-20(23)2)28(38)19-37(42(40,41)25-13-7-6-8-14-25)24-15-16-27(31)26(17-24)30(32,33)34/h6-17,21-22H,5,18-19H2,1-4H3,(H,35,39)/t21-,22-/m1/s1. The summed E-state index contributed by atoms with van der Waals surface area (Å²) in [4.78, 5) is 28.1. The summed E-state index contributed by atoms with van der Waals surface area (Å²) in [6, 6.07) is 15.7. The van der Waals surface area contributed by atoms with Crippen LogP contribution in [0, 0.1) is 6.92 Å². The Morgan fingerprint density at radius 1 is 0.976 bits per heavy atom. The maximum absolute atomic E-state index is 14.0. The first-order valence-corrected chi connectivity index (χ1v) is 15.1. The average Bonchev–Trinajstić information content (AvgIpc) is 2.95. The fraction of sp³-hybridized carbons (Fsp3) is 0.333. The quantitative estimate of drug-likeness (QED) is 0.276. The molecule has 0 aliphatic carbocycles. The van der Waals surface area contributed by atoms with Crippen molar-refractivity contribution in [3.05, 3.63) is 94.5 Å². The van der Waals surface area contributed by atoms with Gasteiger partial charge in [-0.25, -0.2) is 8.42 Å². The molecule has 0 fully saturated rings. The zero-order valence-electron chi connectivity index (χ0n) is 23.7. The van der Waals surface area contributed by atoms with Crippen LogP contribution in [0.4, 0.5) is 18.9 Å². The lowest BCUT2D eigenvalue weighted by Gasteiger charge is -2.33. The predicted molar refractivity (Wildman–Crippen MR) is 157 cm³/mol. The van der Waals surface area contributed by atoms with Crippen LogP contribution in [0.2, 0.25) is 5.02 Å². The summed E-state index contributed by atoms with van der Waals surface area (Å²) in [5, 5.41) is 2.21. The number of amides is 2. The maximum Gasteiger partial charge on any atom is 0.417 e. The molecule has 226 valence electrons. The highest BCUT2D eigenvalue weighted by molar-refractivity contribution is 7.92. The van der Waals surface area contributed by atoms with E-state index in [1.54, 1.807) is 18.2 Å². The third-order valence-electron chi connectivity index (χ3n) is 6.92. The van der Waals surface area contributed by atoms with E-state index in [9.17, 15) is 31.2 Å². The lowest BCUT2D eigenvalue weighted by Crippen LogP contribution is -2.52. The molecule has 0 bridgehead atoms. The van der Waals surface area contributed by atoms with Crippen molar-refractivity contribution in [2.75, 3.05) is 10.8 Å². The topological polar surface area (TPSA) is 86.8 Å². The van der Waals surface area contributed by atoms with Crippen LogP contribution in [0.3, 0.4) is 0 Å². The van der Waals surface area contributed by atoms with Crippen molar-refractivity contribution in [3.63, 3.8) is 0 Å². The second-order valence-electron chi connectivity index (χ2n) is 9.93. The van der Waals surface area contributed by atoms with Gasteiger partial charge in [-0.1, -0.05) is 61.0 Å². The lowest BCUT2D eigenvalue weighted by molar-refractivity contribution is -0.139. The molecule has 3 aromatic carbocycles. The maximum atomic E-state index is 14.0. The Kier molecular flexibility index (Phi) is 10.7. The molecular weight excluding hydrogens is 591 g/mol. The minimum Gasteiger partial charge on any atom is -0.352 e. The molecule has 0 aromatic heterocycles. The Morgan fingerprint density at radius 2 is 1.60 bits per heavy atom. The fourth-order valence-corrected chi connectivity index (χ4v) is 5.80. The molecule has 0 unspecified atom stereocenters. The molecule has 3 rings (SSSR count). The molecule has 0 heterocycles. The van der Waals surface area contributed by atoms with Crippen LogP contribution in [0.5, 0.6) is 0 Å². The number of hydrogen-bond donors (Lipinski definition) is 1. The van der Waals surface area contributed by atoms with E-state index in [0.29, 0.717) is 16.8 Å². The van der Waals surface area contributed by atoms with E-state index < -0.39 is 56.9 Å². The molecule has 0 spiro atoms. The molecule has 2 atom stereocenters. The number of carbonyl (C=O) groups is 2. The number of halogens is 4. The van der Waals surface area contributed by atoms with Crippen molar-refractivity contribution in [2.45, 2.75) is 63.8 Å². The molecule has 0 saturated heterocycles. The summed E-state index contributed by atoms with van der Waals surface area (Å²) < 4.78 is 69.4. The molecular formula is C30H33ClF3N3O4S. The summed E-state index contributed by atoms with van der Waals surface area (Å²) >= 11 is 5.80. The molecule has 0 aliphatic heterocycles. The van der Waals surface area contributed by atoms with E-state index in [0.717, 1.165) is 23.3 Å². The van der Waals surface area contributed by atoms with E-state index >= 15 is 0 Å². The molecule has 0 aliphatic rings. The van der Waals surface area contributed by atoms with Crippen LogP contribution >= 0.6 is 11.6 Å². The number of rotatable bonds is 11. The van der Waals surface area contributed by atoms with Gasteiger partial charge in [0.25, 0.3) is 10.0 Å². The molecule has 2 amide bonds. The average molecular weight is 624 g/mol. The first-order chi connectivity index (χ1) is 19.7. The molecule has 0 radical (unpaired) electrons. The highest BCUT2D eigenvalue weighted by atomic mass is 35.5. The van der Waals surface area contributed by atoms with Gasteiger partial charge in [0, 0.05) is 12.6 Å². The summed E-state index contributed by atoms with van der Waals surface area (Å²) in [5.74, 6) is -1.23. The Hall–Kier alpha value is -3.57. The normalized spacial score (nSPS) is 13.2. The van der Waals surface area contributed by atoms with Gasteiger partial charge >= 0.3 is 6.18 Å². The largest absolute Gasteiger partial charge is 0.417 e. The fourth-order valence-electron chi connectivity index (χ4n) is 4.15. The Labute approximate surface area is 249 Å². The van der Waals surface area contributed by atoms with Gasteiger partial charge in [-0.3, -0.25) is 13.9 Å². The van der Waals surface area contributed by atoms with Gasteiger partial charge in [0.05, 0.1) is 21.2 Å². The van der Waals surface area contributed by atoms with Crippen molar-refractivity contribution in [2.24, 2.45) is 0 Å². The smallest absolute Gasteiger partial charge is 0.352 e. The van der Waals surface area contributed by atoms with Crippen molar-refractivity contribution in [1.29, 1.82) is 0 Å². The number of sulfonamides is 1. The van der Waals surface area contributed by atoms with Gasteiger partial charge in [0.2, 0.25) is 11.8 Å². The summed E-state index contributed by atoms with van der Waals surface area (Å²) in [6.07, 6.45) is -4.23. The van der Waals surface area contributed by atoms with E-state index in [2.05, 4.69) is 5.32 Å². The Balaban J connectivity index is 2.11. The third-order valence-corrected chi connectivity index (χ3v) is 9.04. The van der Waals surface area contributed by atoms with Crippen LogP contribution < -0.4 is 9.62 Å². The second-order valence-corrected chi connectivity index (χ2v) is 12.2. The zero-order valence-corrected chi connectivity index (χ0v) is 25.2. The first kappa shape index (κ1) is 32.9. The molecule has 0 saturated carbocycles. The highest BCUT2D eigenvalue weighted by Crippen LogP contribution is 2.38. The number of aryl methyl sites for hydroxylation is 1. The van der Waals surface area contributed by atoms with Gasteiger partial charge in [0.15, 0.2) is 0 Å². The Bertz CT molecular complexity index is 1520. The zero-order chi connectivity index (χ0) is 31.2. The lowest BCUT2D eigenvalue weighted by atomic mass is 10.1.